The van der Waals surface area contributed by atoms with Crippen LogP contribution in [0.4, 0.5) is 0 Å². The molecule has 0 aromatic rings. The maximum absolute atomic E-state index is 13.5. The smallest absolute Gasteiger partial charge is 0.306 e. The lowest BCUT2D eigenvalue weighted by Crippen LogP contribution is -2.47. The fraction of sp³-hybridized carbons (Fsp3) is 0.754. The van der Waals surface area contributed by atoms with Crippen LogP contribution in [0.5, 0.6) is 0 Å². The standard InChI is InChI=1S/C65H117N2O7P/c1-7-10-13-16-19-22-25-27-29-31-32-33-34-36-38-40-43-46-49-52-55-58-65(69)74-63(56-53-50-47-44-41-24-21-18-15-12-9-3)62(61-73-75(70,71)72-60-59-67(4,5)6)66-64(68)57-54-51-48-45-42-39-37-35-30-28-26-23-20-17-14-11-8-2/h11,14,20,23,27-30,37,39,45,48,53,56,62-63H,7-10,12-13,15-19,21-22,24-26,31-36,38,40-44,46-47,49-52,54-55,57-61H2,1-6H3,(H-,66,68,70,71)/b14-11-,23-20-,29-27+,30-28-,39-37-,48-45-,56-53+. The summed E-state index contributed by atoms with van der Waals surface area (Å²) in [6.45, 7) is 6.68. The molecule has 434 valence electrons. The van der Waals surface area contributed by atoms with E-state index >= 15 is 0 Å². The highest BCUT2D eigenvalue weighted by atomic mass is 31.2. The average molecular weight is 1070 g/mol. The summed E-state index contributed by atoms with van der Waals surface area (Å²) >= 11 is 0. The minimum Gasteiger partial charge on any atom is -0.756 e. The van der Waals surface area contributed by atoms with E-state index in [0.29, 0.717) is 17.4 Å². The maximum Gasteiger partial charge on any atom is 0.306 e. The molecular formula is C65H117N2O7P. The van der Waals surface area contributed by atoms with Crippen LogP contribution in [0.3, 0.4) is 0 Å². The van der Waals surface area contributed by atoms with Crippen molar-refractivity contribution in [1.29, 1.82) is 0 Å². The number of amides is 1. The number of carbonyl (C=O) groups is 2. The van der Waals surface area contributed by atoms with Crippen molar-refractivity contribution in [1.82, 2.24) is 5.32 Å². The van der Waals surface area contributed by atoms with E-state index in [2.05, 4.69) is 99.0 Å². The Morgan fingerprint density at radius 1 is 0.480 bits per heavy atom. The summed E-state index contributed by atoms with van der Waals surface area (Å²) in [4.78, 5) is 39.9. The Morgan fingerprint density at radius 2 is 0.867 bits per heavy atom. The molecule has 0 aliphatic carbocycles. The van der Waals surface area contributed by atoms with Crippen molar-refractivity contribution in [2.75, 3.05) is 40.9 Å². The van der Waals surface area contributed by atoms with Crippen LogP contribution < -0.4 is 10.2 Å². The molecule has 0 heterocycles. The number of allylic oxidation sites excluding steroid dienone is 13. The summed E-state index contributed by atoms with van der Waals surface area (Å²) in [7, 11) is 1.14. The number of likely N-dealkylation sites (N-methyl/N-ethyl adjacent to an activating group) is 1. The minimum absolute atomic E-state index is 0.0359. The second kappa shape index (κ2) is 54.5. The van der Waals surface area contributed by atoms with Crippen molar-refractivity contribution < 1.29 is 37.3 Å². The normalized spacial score (nSPS) is 14.3. The van der Waals surface area contributed by atoms with Crippen LogP contribution in [0.15, 0.2) is 85.1 Å². The number of ether oxygens (including phenoxy) is 1. The van der Waals surface area contributed by atoms with Gasteiger partial charge in [0.25, 0.3) is 7.82 Å². The van der Waals surface area contributed by atoms with Gasteiger partial charge < -0.3 is 28.5 Å². The van der Waals surface area contributed by atoms with Crippen molar-refractivity contribution >= 4 is 19.7 Å². The van der Waals surface area contributed by atoms with Gasteiger partial charge in [0.05, 0.1) is 33.8 Å². The number of carbonyl (C=O) groups excluding carboxylic acids is 2. The number of phosphoric ester groups is 1. The lowest BCUT2D eigenvalue weighted by molar-refractivity contribution is -0.870. The second-order valence-electron chi connectivity index (χ2n) is 21.8. The summed E-state index contributed by atoms with van der Waals surface area (Å²) in [6, 6.07) is -0.921. The fourth-order valence-electron chi connectivity index (χ4n) is 8.55. The summed E-state index contributed by atoms with van der Waals surface area (Å²) in [6.07, 6.45) is 71.4. The summed E-state index contributed by atoms with van der Waals surface area (Å²) in [5, 5.41) is 2.99. The van der Waals surface area contributed by atoms with E-state index in [1.54, 1.807) is 0 Å². The van der Waals surface area contributed by atoms with Gasteiger partial charge in [-0.1, -0.05) is 241 Å². The van der Waals surface area contributed by atoms with Crippen molar-refractivity contribution in [3.63, 3.8) is 0 Å². The molecule has 0 saturated carbocycles. The van der Waals surface area contributed by atoms with Gasteiger partial charge in [-0.3, -0.25) is 14.2 Å². The highest BCUT2D eigenvalue weighted by Gasteiger charge is 2.27. The van der Waals surface area contributed by atoms with E-state index in [9.17, 15) is 19.0 Å². The molecule has 0 rings (SSSR count). The Kier molecular flexibility index (Phi) is 52.5. The Balaban J connectivity index is 5.27. The molecule has 0 aliphatic rings. The quantitative estimate of drug-likeness (QED) is 0.0212. The third kappa shape index (κ3) is 55.7. The molecule has 3 unspecified atom stereocenters. The van der Waals surface area contributed by atoms with Crippen LogP contribution in [-0.4, -0.2) is 69.4 Å². The number of nitrogens with zero attached hydrogens (tertiary/aromatic N) is 1. The number of rotatable bonds is 55. The predicted octanol–water partition coefficient (Wildman–Crippen LogP) is 18.4. The topological polar surface area (TPSA) is 114 Å². The zero-order valence-corrected chi connectivity index (χ0v) is 50.4. The van der Waals surface area contributed by atoms with E-state index in [4.69, 9.17) is 13.8 Å². The Morgan fingerprint density at radius 3 is 1.32 bits per heavy atom. The third-order valence-electron chi connectivity index (χ3n) is 13.3. The Labute approximate surface area is 463 Å². The minimum atomic E-state index is -4.71. The molecule has 0 fully saturated rings. The molecule has 10 heteroatoms. The zero-order chi connectivity index (χ0) is 55.0. The average Bonchev–Trinajstić information content (AvgIpc) is 3.37. The van der Waals surface area contributed by atoms with Crippen molar-refractivity contribution in [3.8, 4) is 0 Å². The molecule has 0 radical (unpaired) electrons. The number of nitrogens with one attached hydrogen (secondary N) is 1. The van der Waals surface area contributed by atoms with Crippen LogP contribution in [0.2, 0.25) is 0 Å². The monoisotopic (exact) mass is 1070 g/mol. The first-order valence-electron chi connectivity index (χ1n) is 30.9. The van der Waals surface area contributed by atoms with Gasteiger partial charge in [-0.2, -0.15) is 0 Å². The van der Waals surface area contributed by atoms with Crippen LogP contribution in [-0.2, 0) is 27.9 Å². The van der Waals surface area contributed by atoms with E-state index in [0.717, 1.165) is 77.0 Å². The number of unbranched alkanes of at least 4 members (excludes halogenated alkanes) is 27. The molecule has 0 aliphatic heterocycles. The summed E-state index contributed by atoms with van der Waals surface area (Å²) in [5.74, 6) is -0.610. The van der Waals surface area contributed by atoms with Crippen molar-refractivity contribution in [2.45, 2.75) is 277 Å². The van der Waals surface area contributed by atoms with Crippen LogP contribution in [0.1, 0.15) is 265 Å². The number of quaternary nitrogens is 1. The molecule has 75 heavy (non-hydrogen) atoms. The maximum atomic E-state index is 13.5. The van der Waals surface area contributed by atoms with Crippen LogP contribution in [0, 0.1) is 0 Å². The van der Waals surface area contributed by atoms with Gasteiger partial charge in [-0.05, 0) is 96.0 Å². The van der Waals surface area contributed by atoms with Crippen molar-refractivity contribution in [3.05, 3.63) is 85.1 Å². The number of esters is 1. The molecular weight excluding hydrogens is 952 g/mol. The van der Waals surface area contributed by atoms with Gasteiger partial charge in [0.2, 0.25) is 5.91 Å². The van der Waals surface area contributed by atoms with Gasteiger partial charge >= 0.3 is 5.97 Å². The fourth-order valence-corrected chi connectivity index (χ4v) is 9.28. The lowest BCUT2D eigenvalue weighted by Gasteiger charge is -2.30. The van der Waals surface area contributed by atoms with Gasteiger partial charge in [0.1, 0.15) is 19.3 Å². The molecule has 0 bridgehead atoms. The Hall–Kier alpha value is -2.81. The third-order valence-corrected chi connectivity index (χ3v) is 14.3. The molecule has 3 atom stereocenters. The van der Waals surface area contributed by atoms with Gasteiger partial charge in [-0.25, -0.2) is 0 Å². The van der Waals surface area contributed by atoms with E-state index in [-0.39, 0.29) is 31.3 Å². The molecule has 1 amide bonds. The molecule has 9 nitrogen and oxygen atoms in total. The Bertz CT molecular complexity index is 1560. The predicted molar refractivity (Wildman–Crippen MR) is 321 cm³/mol. The molecule has 1 N–H and O–H groups in total. The van der Waals surface area contributed by atoms with E-state index in [1.807, 2.05) is 33.3 Å². The molecule has 0 spiro atoms. The first-order valence-corrected chi connectivity index (χ1v) is 32.4. The summed E-state index contributed by atoms with van der Waals surface area (Å²) < 4.78 is 30.2. The van der Waals surface area contributed by atoms with Crippen LogP contribution >= 0.6 is 7.82 Å². The number of hydrogen-bond acceptors (Lipinski definition) is 7. The second-order valence-corrected chi connectivity index (χ2v) is 23.2. The van der Waals surface area contributed by atoms with Crippen molar-refractivity contribution in [2.24, 2.45) is 0 Å². The number of phosphoric acid groups is 1. The first kappa shape index (κ1) is 72.2. The SMILES string of the molecule is CC/C=C\C/C=C\C/C=C\C/C=C\C/C=C\CCCC(=O)NC(COP(=O)([O-])OCC[N+](C)(C)C)C(/C=C/CCCCCCCCCCC)OC(=O)CCCCCCCCCCCCC/C=C/CCCCCCCC. The molecule has 0 aromatic heterocycles. The van der Waals surface area contributed by atoms with Crippen LogP contribution in [0.25, 0.3) is 0 Å². The summed E-state index contributed by atoms with van der Waals surface area (Å²) in [5.41, 5.74) is 0. The lowest BCUT2D eigenvalue weighted by atomic mass is 10.0. The first-order chi connectivity index (χ1) is 36.4. The highest BCUT2D eigenvalue weighted by Crippen LogP contribution is 2.38. The van der Waals surface area contributed by atoms with Gasteiger partial charge in [0.15, 0.2) is 0 Å². The number of hydrogen-bond donors (Lipinski definition) is 1. The highest BCUT2D eigenvalue weighted by molar-refractivity contribution is 7.45. The molecule has 0 saturated heterocycles. The zero-order valence-electron chi connectivity index (χ0n) is 49.5. The van der Waals surface area contributed by atoms with E-state index < -0.39 is 26.6 Å². The largest absolute Gasteiger partial charge is 0.756 e. The van der Waals surface area contributed by atoms with E-state index in [1.165, 1.54) is 148 Å². The molecule has 0 aromatic carbocycles. The van der Waals surface area contributed by atoms with Gasteiger partial charge in [-0.15, -0.1) is 0 Å². The van der Waals surface area contributed by atoms with Gasteiger partial charge in [0, 0.05) is 12.8 Å².